The normalized spacial score (nSPS) is 24.8. The minimum atomic E-state index is -3.82. The fraction of sp³-hybridized carbons (Fsp3) is 0.619. The average molecular weight is 452 g/mol. The van der Waals surface area contributed by atoms with Gasteiger partial charge in [-0.2, -0.15) is 4.31 Å². The molecule has 0 aliphatic carbocycles. The summed E-state index contributed by atoms with van der Waals surface area (Å²) in [5.74, 6) is -0.221. The lowest BCUT2D eigenvalue weighted by molar-refractivity contribution is -0.140. The Balaban J connectivity index is 1.56. The van der Waals surface area contributed by atoms with Gasteiger partial charge in [0.05, 0.1) is 29.7 Å². The van der Waals surface area contributed by atoms with Gasteiger partial charge in [-0.05, 0) is 37.8 Å². The van der Waals surface area contributed by atoms with Crippen molar-refractivity contribution >= 4 is 27.5 Å². The Hall–Kier alpha value is -2.17. The number of sulfonamides is 1. The van der Waals surface area contributed by atoms with Crippen molar-refractivity contribution in [2.45, 2.75) is 44.1 Å². The molecule has 2 atom stereocenters. The van der Waals surface area contributed by atoms with Crippen molar-refractivity contribution in [2.24, 2.45) is 5.92 Å². The lowest BCUT2D eigenvalue weighted by atomic mass is 9.98. The van der Waals surface area contributed by atoms with Crippen LogP contribution in [0.5, 0.6) is 5.75 Å². The average Bonchev–Trinajstić information content (AvgIpc) is 2.78. The van der Waals surface area contributed by atoms with E-state index in [4.69, 9.17) is 9.47 Å². The number of morpholine rings is 1. The van der Waals surface area contributed by atoms with Gasteiger partial charge in [0.25, 0.3) is 5.91 Å². The molecule has 170 valence electrons. The number of nitrogens with one attached hydrogen (secondary N) is 1. The highest BCUT2D eigenvalue weighted by Crippen LogP contribution is 2.36. The lowest BCUT2D eigenvalue weighted by Gasteiger charge is -2.36. The van der Waals surface area contributed by atoms with Crippen LogP contribution < -0.4 is 10.1 Å². The van der Waals surface area contributed by atoms with Crippen molar-refractivity contribution in [1.29, 1.82) is 0 Å². The van der Waals surface area contributed by atoms with Gasteiger partial charge in [-0.15, -0.1) is 0 Å². The summed E-state index contributed by atoms with van der Waals surface area (Å²) in [5, 5.41) is 2.79. The van der Waals surface area contributed by atoms with Gasteiger partial charge in [0, 0.05) is 32.2 Å². The van der Waals surface area contributed by atoms with E-state index < -0.39 is 16.1 Å². The first kappa shape index (κ1) is 22.0. The second-order valence-electron chi connectivity index (χ2n) is 8.26. The molecule has 0 bridgehead atoms. The van der Waals surface area contributed by atoms with Crippen LogP contribution in [0.3, 0.4) is 0 Å². The molecule has 3 heterocycles. The van der Waals surface area contributed by atoms with Gasteiger partial charge < -0.3 is 19.7 Å². The molecule has 3 aliphatic rings. The minimum Gasteiger partial charge on any atom is -0.478 e. The van der Waals surface area contributed by atoms with Gasteiger partial charge in [0.2, 0.25) is 15.9 Å². The van der Waals surface area contributed by atoms with Crippen LogP contribution in [0.1, 0.15) is 31.7 Å². The second kappa shape index (κ2) is 8.76. The van der Waals surface area contributed by atoms with E-state index in [1.54, 1.807) is 17.9 Å². The van der Waals surface area contributed by atoms with Gasteiger partial charge >= 0.3 is 0 Å². The minimum absolute atomic E-state index is 0.00203. The summed E-state index contributed by atoms with van der Waals surface area (Å²) in [4.78, 5) is 26.9. The third kappa shape index (κ3) is 4.28. The number of aryl methyl sites for hydroxylation is 1. The molecule has 10 heteroatoms. The van der Waals surface area contributed by atoms with Crippen LogP contribution >= 0.6 is 0 Å². The van der Waals surface area contributed by atoms with Crippen molar-refractivity contribution in [2.75, 3.05) is 44.7 Å². The van der Waals surface area contributed by atoms with Crippen molar-refractivity contribution in [1.82, 2.24) is 9.21 Å². The Labute approximate surface area is 182 Å². The number of piperidine rings is 1. The Morgan fingerprint density at radius 2 is 1.97 bits per heavy atom. The van der Waals surface area contributed by atoms with E-state index in [0.717, 1.165) is 0 Å². The SMILES string of the molecule is CC[C@H]1Oc2cc(S(=O)(=O)N3CCC[C@H](C(=O)N4CCOCC4)C3)c(C)cc2NC1=O. The molecule has 0 unspecified atom stereocenters. The summed E-state index contributed by atoms with van der Waals surface area (Å²) >= 11 is 0. The highest BCUT2D eigenvalue weighted by atomic mass is 32.2. The number of rotatable bonds is 4. The largest absolute Gasteiger partial charge is 0.478 e. The summed E-state index contributed by atoms with van der Waals surface area (Å²) < 4.78 is 39.4. The monoisotopic (exact) mass is 451 g/mol. The zero-order valence-corrected chi connectivity index (χ0v) is 18.7. The number of fused-ring (bicyclic) bond motifs is 1. The lowest BCUT2D eigenvalue weighted by Crippen LogP contribution is -2.49. The molecule has 1 aromatic rings. The highest BCUT2D eigenvalue weighted by molar-refractivity contribution is 7.89. The molecule has 2 amide bonds. The van der Waals surface area contributed by atoms with Gasteiger partial charge in [-0.1, -0.05) is 6.92 Å². The van der Waals surface area contributed by atoms with Crippen molar-refractivity contribution in [3.8, 4) is 5.75 Å². The smallest absolute Gasteiger partial charge is 0.265 e. The maximum atomic E-state index is 13.5. The predicted octanol–water partition coefficient (Wildman–Crippen LogP) is 1.36. The number of ether oxygens (including phenoxy) is 2. The first-order chi connectivity index (χ1) is 14.8. The highest BCUT2D eigenvalue weighted by Gasteiger charge is 2.37. The summed E-state index contributed by atoms with van der Waals surface area (Å²) in [5.41, 5.74) is 1.00. The predicted molar refractivity (Wildman–Crippen MR) is 113 cm³/mol. The third-order valence-corrected chi connectivity index (χ3v) is 8.15. The van der Waals surface area contributed by atoms with Crippen LogP contribution in [0.15, 0.2) is 17.0 Å². The van der Waals surface area contributed by atoms with Crippen LogP contribution in [0.2, 0.25) is 0 Å². The summed E-state index contributed by atoms with van der Waals surface area (Å²) in [6.07, 6.45) is 1.16. The first-order valence-corrected chi connectivity index (χ1v) is 12.2. The number of nitrogens with zero attached hydrogens (tertiary/aromatic N) is 2. The number of benzene rings is 1. The molecular weight excluding hydrogens is 422 g/mol. The van der Waals surface area contributed by atoms with E-state index in [1.807, 2.05) is 6.92 Å². The molecule has 3 aliphatic heterocycles. The van der Waals surface area contributed by atoms with E-state index >= 15 is 0 Å². The summed E-state index contributed by atoms with van der Waals surface area (Å²) in [6, 6.07) is 3.13. The maximum Gasteiger partial charge on any atom is 0.265 e. The molecule has 2 fully saturated rings. The number of amides is 2. The molecule has 0 spiro atoms. The molecular formula is C21H29N3O6S. The number of carbonyl (C=O) groups excluding carboxylic acids is 2. The number of anilines is 1. The maximum absolute atomic E-state index is 13.5. The zero-order chi connectivity index (χ0) is 22.2. The number of hydrogen-bond donors (Lipinski definition) is 1. The van der Waals surface area contributed by atoms with Crippen LogP contribution in [-0.2, 0) is 24.3 Å². The Morgan fingerprint density at radius 1 is 1.23 bits per heavy atom. The molecule has 1 aromatic carbocycles. The van der Waals surface area contributed by atoms with Crippen molar-refractivity contribution in [3.63, 3.8) is 0 Å². The second-order valence-corrected chi connectivity index (χ2v) is 10.2. The van der Waals surface area contributed by atoms with E-state index in [1.165, 1.54) is 10.4 Å². The number of hydrogen-bond acceptors (Lipinski definition) is 6. The Morgan fingerprint density at radius 3 is 2.68 bits per heavy atom. The summed E-state index contributed by atoms with van der Waals surface area (Å²) in [6.45, 7) is 6.21. The third-order valence-electron chi connectivity index (χ3n) is 6.14. The van der Waals surface area contributed by atoms with Gasteiger partial charge in [-0.25, -0.2) is 8.42 Å². The van der Waals surface area contributed by atoms with Gasteiger partial charge in [0.15, 0.2) is 6.10 Å². The fourth-order valence-corrected chi connectivity index (χ4v) is 6.12. The molecule has 9 nitrogen and oxygen atoms in total. The fourth-order valence-electron chi connectivity index (χ4n) is 4.37. The Kier molecular flexibility index (Phi) is 6.23. The molecule has 0 aromatic heterocycles. The standard InChI is InChI=1S/C21H29N3O6S/c1-3-17-20(25)22-16-11-14(2)19(12-18(16)30-17)31(27,28)24-6-4-5-15(13-24)21(26)23-7-9-29-10-8-23/h11-12,15,17H,3-10,13H2,1-2H3,(H,22,25)/t15-,17+/m0/s1. The van der Waals surface area contributed by atoms with Gasteiger partial charge in [0.1, 0.15) is 5.75 Å². The van der Waals surface area contributed by atoms with Crippen molar-refractivity contribution in [3.05, 3.63) is 17.7 Å². The van der Waals surface area contributed by atoms with Crippen molar-refractivity contribution < 1.29 is 27.5 Å². The van der Waals surface area contributed by atoms with Gasteiger partial charge in [-0.3, -0.25) is 9.59 Å². The molecule has 0 radical (unpaired) electrons. The molecule has 1 N–H and O–H groups in total. The number of carbonyl (C=O) groups is 2. The summed E-state index contributed by atoms with van der Waals surface area (Å²) in [7, 11) is -3.82. The van der Waals surface area contributed by atoms with Crippen LogP contribution in [0, 0.1) is 12.8 Å². The quantitative estimate of drug-likeness (QED) is 0.741. The first-order valence-electron chi connectivity index (χ1n) is 10.8. The van der Waals surface area contributed by atoms with Crippen LogP contribution in [-0.4, -0.2) is 74.9 Å². The van der Waals surface area contributed by atoms with E-state index in [2.05, 4.69) is 5.32 Å². The van der Waals surface area contributed by atoms with Crippen LogP contribution in [0.4, 0.5) is 5.69 Å². The molecule has 4 rings (SSSR count). The topological polar surface area (TPSA) is 105 Å². The Bertz CT molecular complexity index is 974. The van der Waals surface area contributed by atoms with Crippen LogP contribution in [0.25, 0.3) is 0 Å². The molecule has 31 heavy (non-hydrogen) atoms. The van der Waals surface area contributed by atoms with E-state index in [9.17, 15) is 18.0 Å². The van der Waals surface area contributed by atoms with E-state index in [-0.39, 0.29) is 29.2 Å². The van der Waals surface area contributed by atoms with E-state index in [0.29, 0.717) is 69.1 Å². The molecule has 2 saturated heterocycles. The zero-order valence-electron chi connectivity index (χ0n) is 17.9. The molecule has 0 saturated carbocycles.